The van der Waals surface area contributed by atoms with E-state index in [-0.39, 0.29) is 12.3 Å². The molecule has 6 nitrogen and oxygen atoms in total. The van der Waals surface area contributed by atoms with Gasteiger partial charge in [-0.1, -0.05) is 24.4 Å². The number of thiocarbonyl (C=S) groups is 1. The van der Waals surface area contributed by atoms with E-state index in [1.54, 1.807) is 4.90 Å². The summed E-state index contributed by atoms with van der Waals surface area (Å²) in [5, 5.41) is 18.0. The number of nitriles is 1. The summed E-state index contributed by atoms with van der Waals surface area (Å²) in [5.74, 6) is -0.404. The Labute approximate surface area is 195 Å². The summed E-state index contributed by atoms with van der Waals surface area (Å²) in [6.07, 6.45) is -0.569. The minimum Gasteiger partial charge on any atom is -0.396 e. The molecular formula is C23H23F3N4O2S. The SMILES string of the molecule is CN(C(=O)C1(N(C=S)c2ccc(CCCO)cc2)CCC1)c1cnc(C#N)c(C(F)(F)F)c1. The van der Waals surface area contributed by atoms with E-state index in [2.05, 4.69) is 4.98 Å². The highest BCUT2D eigenvalue weighted by Gasteiger charge is 2.50. The number of rotatable bonds is 8. The zero-order valence-electron chi connectivity index (χ0n) is 18.0. The van der Waals surface area contributed by atoms with Gasteiger partial charge in [-0.3, -0.25) is 4.79 Å². The topological polar surface area (TPSA) is 80.5 Å². The lowest BCUT2D eigenvalue weighted by Gasteiger charge is -2.49. The zero-order chi connectivity index (χ0) is 24.2. The van der Waals surface area contributed by atoms with Gasteiger partial charge in [0.15, 0.2) is 5.69 Å². The Morgan fingerprint density at radius 3 is 2.45 bits per heavy atom. The van der Waals surface area contributed by atoms with Crippen LogP contribution in [0.1, 0.15) is 42.5 Å². The number of pyridine rings is 1. The van der Waals surface area contributed by atoms with E-state index in [0.717, 1.165) is 29.1 Å². The van der Waals surface area contributed by atoms with E-state index in [4.69, 9.17) is 22.6 Å². The molecule has 0 aliphatic heterocycles. The van der Waals surface area contributed by atoms with Crippen molar-refractivity contribution in [3.05, 3.63) is 53.3 Å². The molecule has 1 aromatic carbocycles. The molecule has 33 heavy (non-hydrogen) atoms. The van der Waals surface area contributed by atoms with Gasteiger partial charge in [0.2, 0.25) is 0 Å². The fraction of sp³-hybridized carbons (Fsp3) is 0.391. The van der Waals surface area contributed by atoms with E-state index < -0.39 is 28.9 Å². The molecule has 1 aromatic heterocycles. The second-order valence-corrected chi connectivity index (χ2v) is 8.13. The number of aryl methyl sites for hydroxylation is 1. The Bertz CT molecular complexity index is 1060. The number of hydrogen-bond donors (Lipinski definition) is 1. The number of aromatic nitrogens is 1. The third-order valence-corrected chi connectivity index (χ3v) is 6.17. The summed E-state index contributed by atoms with van der Waals surface area (Å²) in [4.78, 5) is 20.0. The monoisotopic (exact) mass is 476 g/mol. The van der Waals surface area contributed by atoms with E-state index >= 15 is 0 Å². The lowest BCUT2D eigenvalue weighted by molar-refractivity contribution is -0.138. The fourth-order valence-corrected chi connectivity index (χ4v) is 4.28. The first-order valence-electron chi connectivity index (χ1n) is 10.4. The number of amides is 1. The third-order valence-electron chi connectivity index (χ3n) is 5.96. The van der Waals surface area contributed by atoms with Crippen LogP contribution in [0.15, 0.2) is 36.5 Å². The van der Waals surface area contributed by atoms with Gasteiger partial charge in [-0.25, -0.2) is 4.98 Å². The first kappa shape index (κ1) is 24.6. The lowest BCUT2D eigenvalue weighted by Crippen LogP contribution is -2.63. The van der Waals surface area contributed by atoms with Gasteiger partial charge in [-0.15, -0.1) is 0 Å². The van der Waals surface area contributed by atoms with Crippen molar-refractivity contribution in [3.8, 4) is 6.07 Å². The number of anilines is 2. The smallest absolute Gasteiger partial charge is 0.396 e. The number of carbonyl (C=O) groups is 1. The van der Waals surface area contributed by atoms with Crippen molar-refractivity contribution in [2.24, 2.45) is 0 Å². The molecule has 1 fully saturated rings. The summed E-state index contributed by atoms with van der Waals surface area (Å²) in [7, 11) is 1.39. The molecule has 10 heteroatoms. The molecule has 0 unspecified atom stereocenters. The van der Waals surface area contributed by atoms with Crippen LogP contribution in [-0.2, 0) is 17.4 Å². The number of carbonyl (C=O) groups excluding carboxylic acids is 1. The normalized spacial score (nSPS) is 14.7. The maximum Gasteiger partial charge on any atom is 0.419 e. The van der Waals surface area contributed by atoms with Crippen molar-refractivity contribution in [2.45, 2.75) is 43.8 Å². The molecule has 174 valence electrons. The number of likely N-dealkylation sites (N-methyl/N-ethyl adjacent to an activating group) is 1. The second kappa shape index (κ2) is 9.85. The van der Waals surface area contributed by atoms with Gasteiger partial charge in [0.1, 0.15) is 11.6 Å². The van der Waals surface area contributed by atoms with Crippen molar-refractivity contribution >= 4 is 35.0 Å². The molecule has 2 aromatic rings. The van der Waals surface area contributed by atoms with Crippen LogP contribution in [0.25, 0.3) is 0 Å². The maximum atomic E-state index is 13.6. The van der Waals surface area contributed by atoms with Crippen LogP contribution in [0.5, 0.6) is 0 Å². The zero-order valence-corrected chi connectivity index (χ0v) is 18.8. The minimum absolute atomic E-state index is 0.0544. The highest BCUT2D eigenvalue weighted by molar-refractivity contribution is 7.79. The van der Waals surface area contributed by atoms with Crippen molar-refractivity contribution < 1.29 is 23.1 Å². The van der Waals surface area contributed by atoms with Crippen molar-refractivity contribution in [2.75, 3.05) is 23.5 Å². The molecule has 0 spiro atoms. The largest absolute Gasteiger partial charge is 0.419 e. The van der Waals surface area contributed by atoms with Gasteiger partial charge in [0, 0.05) is 19.3 Å². The van der Waals surface area contributed by atoms with Crippen LogP contribution in [0, 0.1) is 11.3 Å². The molecule has 1 amide bonds. The van der Waals surface area contributed by atoms with Crippen LogP contribution in [0.4, 0.5) is 24.5 Å². The van der Waals surface area contributed by atoms with Crippen LogP contribution >= 0.6 is 12.2 Å². The van der Waals surface area contributed by atoms with Crippen molar-refractivity contribution in [1.29, 1.82) is 5.26 Å². The molecule has 1 aliphatic carbocycles. The van der Waals surface area contributed by atoms with Gasteiger partial charge < -0.3 is 14.9 Å². The van der Waals surface area contributed by atoms with Gasteiger partial charge in [0.25, 0.3) is 5.91 Å². The predicted octanol–water partition coefficient (Wildman–Crippen LogP) is 4.25. The highest BCUT2D eigenvalue weighted by Crippen LogP contribution is 2.42. The molecule has 3 rings (SSSR count). The molecule has 0 saturated heterocycles. The Morgan fingerprint density at radius 2 is 1.97 bits per heavy atom. The van der Waals surface area contributed by atoms with E-state index in [9.17, 15) is 18.0 Å². The maximum absolute atomic E-state index is 13.6. The molecule has 1 aliphatic rings. The summed E-state index contributed by atoms with van der Waals surface area (Å²) < 4.78 is 40.1. The number of hydrogen-bond acceptors (Lipinski definition) is 5. The van der Waals surface area contributed by atoms with Gasteiger partial charge in [-0.2, -0.15) is 18.4 Å². The van der Waals surface area contributed by atoms with Gasteiger partial charge in [-0.05, 0) is 55.9 Å². The third kappa shape index (κ3) is 4.84. The fourth-order valence-electron chi connectivity index (χ4n) is 3.96. The number of benzene rings is 1. The molecule has 0 atom stereocenters. The number of aliphatic hydroxyl groups excluding tert-OH is 1. The molecule has 0 radical (unpaired) electrons. The average molecular weight is 477 g/mol. The Morgan fingerprint density at radius 1 is 1.30 bits per heavy atom. The number of alkyl halides is 3. The highest BCUT2D eigenvalue weighted by atomic mass is 32.1. The standard InChI is InChI=1S/C23H23F3N4O2S/c1-29(18-12-19(23(24,25)26)20(13-27)28-14-18)21(32)22(9-3-10-22)30(15-33)17-7-5-16(6-8-17)4-2-11-31/h5-8,12,14-15,31H,2-4,9-11H2,1H3. The number of aliphatic hydroxyl groups is 1. The molecule has 1 saturated carbocycles. The number of halogens is 3. The van der Waals surface area contributed by atoms with Crippen molar-refractivity contribution in [3.63, 3.8) is 0 Å². The van der Waals surface area contributed by atoms with Gasteiger partial charge in [0.05, 0.1) is 22.9 Å². The van der Waals surface area contributed by atoms with Crippen LogP contribution < -0.4 is 9.80 Å². The van der Waals surface area contributed by atoms with E-state index in [1.165, 1.54) is 18.6 Å². The van der Waals surface area contributed by atoms with Gasteiger partial charge >= 0.3 is 6.18 Å². The first-order valence-corrected chi connectivity index (χ1v) is 10.8. The summed E-state index contributed by atoms with van der Waals surface area (Å²) in [5.41, 5.74) is 0.129. The van der Waals surface area contributed by atoms with Crippen molar-refractivity contribution in [1.82, 2.24) is 4.98 Å². The summed E-state index contributed by atoms with van der Waals surface area (Å²) in [6.45, 7) is 0.0953. The van der Waals surface area contributed by atoms with Crippen LogP contribution in [0.2, 0.25) is 0 Å². The number of nitrogens with zero attached hydrogens (tertiary/aromatic N) is 4. The first-order chi connectivity index (χ1) is 15.7. The predicted molar refractivity (Wildman–Crippen MR) is 122 cm³/mol. The van der Waals surface area contributed by atoms with Crippen LogP contribution in [0.3, 0.4) is 0 Å². The minimum atomic E-state index is -4.77. The molecule has 0 bridgehead atoms. The summed E-state index contributed by atoms with van der Waals surface area (Å²) >= 11 is 5.23. The van der Waals surface area contributed by atoms with Crippen LogP contribution in [-0.4, -0.2) is 40.7 Å². The summed E-state index contributed by atoms with van der Waals surface area (Å²) in [6, 6.07) is 9.69. The Balaban J connectivity index is 1.92. The Kier molecular flexibility index (Phi) is 7.34. The molecule has 1 N–H and O–H groups in total. The van der Waals surface area contributed by atoms with E-state index in [1.807, 2.05) is 24.3 Å². The molecular weight excluding hydrogens is 453 g/mol. The lowest BCUT2D eigenvalue weighted by atomic mass is 9.74. The quantitative estimate of drug-likeness (QED) is 0.574. The second-order valence-electron chi connectivity index (χ2n) is 7.92. The Hall–Kier alpha value is -3.03. The van der Waals surface area contributed by atoms with E-state index in [0.29, 0.717) is 31.4 Å². The molecule has 1 heterocycles. The average Bonchev–Trinajstić information content (AvgIpc) is 2.78.